The van der Waals surface area contributed by atoms with Crippen LogP contribution in [0.4, 0.5) is 17.6 Å². The lowest BCUT2D eigenvalue weighted by Gasteiger charge is -2.05. The molecule has 0 amide bonds. The van der Waals surface area contributed by atoms with Gasteiger partial charge in [0, 0.05) is 22.7 Å². The molecule has 2 heterocycles. The molecule has 0 aliphatic carbocycles. The molecule has 0 saturated carbocycles. The molecule has 140 valence electrons. The van der Waals surface area contributed by atoms with Gasteiger partial charge in [0.1, 0.15) is 16.5 Å². The van der Waals surface area contributed by atoms with Gasteiger partial charge in [-0.25, -0.2) is 9.37 Å². The van der Waals surface area contributed by atoms with Crippen molar-refractivity contribution in [3.05, 3.63) is 83.8 Å². The van der Waals surface area contributed by atoms with E-state index in [0.717, 1.165) is 22.8 Å². The van der Waals surface area contributed by atoms with Gasteiger partial charge in [0.15, 0.2) is 0 Å². The number of rotatable bonds is 3. The molecule has 28 heavy (non-hydrogen) atoms. The number of hydrogen-bond donors (Lipinski definition) is 0. The third-order valence-corrected chi connectivity index (χ3v) is 5.03. The lowest BCUT2D eigenvalue weighted by Crippen LogP contribution is -2.07. The van der Waals surface area contributed by atoms with Gasteiger partial charge in [-0.15, -0.1) is 11.3 Å². The maximum absolute atomic E-state index is 13.1. The van der Waals surface area contributed by atoms with Crippen LogP contribution in [0, 0.1) is 5.82 Å². The average Bonchev–Trinajstić information content (AvgIpc) is 3.18. The maximum Gasteiger partial charge on any atom is 0.433 e. The van der Waals surface area contributed by atoms with Crippen LogP contribution in [0.2, 0.25) is 0 Å². The first-order valence-electron chi connectivity index (χ1n) is 8.26. The molecular weight excluding hydrogens is 388 g/mol. The SMILES string of the molecule is Fc1ccc(-c2cccc(-c3csc(-c4ccc(C(F)(F)F)nc4)n3)c2)cc1. The molecule has 0 spiro atoms. The van der Waals surface area contributed by atoms with Gasteiger partial charge < -0.3 is 0 Å². The average molecular weight is 400 g/mol. The van der Waals surface area contributed by atoms with E-state index in [4.69, 9.17) is 0 Å². The molecule has 0 aliphatic heterocycles. The van der Waals surface area contributed by atoms with E-state index >= 15 is 0 Å². The molecule has 0 aliphatic rings. The molecular formula is C21H12F4N2S. The standard InChI is InChI=1S/C21H12F4N2S/c22-17-7-4-13(5-8-17)14-2-1-3-15(10-14)18-12-28-20(27-18)16-6-9-19(26-11-16)21(23,24)25/h1-12H. The van der Waals surface area contributed by atoms with Gasteiger partial charge in [-0.3, -0.25) is 4.98 Å². The Balaban J connectivity index is 1.63. The van der Waals surface area contributed by atoms with Gasteiger partial charge in [0.05, 0.1) is 5.69 Å². The van der Waals surface area contributed by atoms with Crippen molar-refractivity contribution in [2.75, 3.05) is 0 Å². The van der Waals surface area contributed by atoms with Crippen molar-refractivity contribution in [2.45, 2.75) is 6.18 Å². The summed E-state index contributed by atoms with van der Waals surface area (Å²) in [7, 11) is 0. The first kappa shape index (κ1) is 18.3. The Hall–Kier alpha value is -3.06. The van der Waals surface area contributed by atoms with Crippen LogP contribution in [0.3, 0.4) is 0 Å². The summed E-state index contributed by atoms with van der Waals surface area (Å²) in [4.78, 5) is 8.01. The molecule has 4 aromatic rings. The Bertz CT molecular complexity index is 1100. The molecule has 0 fully saturated rings. The summed E-state index contributed by atoms with van der Waals surface area (Å²) in [5.74, 6) is -0.297. The number of halogens is 4. The van der Waals surface area contributed by atoms with E-state index in [1.54, 1.807) is 12.1 Å². The summed E-state index contributed by atoms with van der Waals surface area (Å²) < 4.78 is 51.1. The minimum absolute atomic E-state index is 0.297. The molecule has 7 heteroatoms. The van der Waals surface area contributed by atoms with Crippen molar-refractivity contribution in [3.63, 3.8) is 0 Å². The number of alkyl halides is 3. The summed E-state index contributed by atoms with van der Waals surface area (Å²) in [6.45, 7) is 0. The monoisotopic (exact) mass is 400 g/mol. The quantitative estimate of drug-likeness (QED) is 0.358. The number of nitrogens with zero attached hydrogens (tertiary/aromatic N) is 2. The molecule has 0 bridgehead atoms. The minimum Gasteiger partial charge on any atom is -0.251 e. The zero-order valence-corrected chi connectivity index (χ0v) is 15.1. The highest BCUT2D eigenvalue weighted by atomic mass is 32.1. The van der Waals surface area contributed by atoms with Crippen molar-refractivity contribution in [2.24, 2.45) is 0 Å². The number of pyridine rings is 1. The van der Waals surface area contributed by atoms with E-state index in [1.807, 2.05) is 29.6 Å². The van der Waals surface area contributed by atoms with E-state index in [-0.39, 0.29) is 5.82 Å². The fraction of sp³-hybridized carbons (Fsp3) is 0.0476. The van der Waals surface area contributed by atoms with Crippen molar-refractivity contribution >= 4 is 11.3 Å². The zero-order valence-electron chi connectivity index (χ0n) is 14.2. The predicted octanol–water partition coefficient (Wildman–Crippen LogP) is 6.70. The topological polar surface area (TPSA) is 25.8 Å². The lowest BCUT2D eigenvalue weighted by atomic mass is 10.0. The molecule has 0 radical (unpaired) electrons. The zero-order chi connectivity index (χ0) is 19.7. The minimum atomic E-state index is -4.46. The summed E-state index contributed by atoms with van der Waals surface area (Å²) >= 11 is 1.33. The second-order valence-electron chi connectivity index (χ2n) is 6.06. The largest absolute Gasteiger partial charge is 0.433 e. The Labute approximate surface area is 162 Å². The molecule has 4 rings (SSSR count). The second-order valence-corrected chi connectivity index (χ2v) is 6.91. The van der Waals surface area contributed by atoms with Crippen molar-refractivity contribution in [3.8, 4) is 33.0 Å². The lowest BCUT2D eigenvalue weighted by molar-refractivity contribution is -0.141. The molecule has 2 aromatic carbocycles. The van der Waals surface area contributed by atoms with E-state index in [2.05, 4.69) is 9.97 Å². The van der Waals surface area contributed by atoms with E-state index in [9.17, 15) is 17.6 Å². The van der Waals surface area contributed by atoms with Crippen LogP contribution >= 0.6 is 11.3 Å². The molecule has 2 aromatic heterocycles. The normalized spacial score (nSPS) is 11.6. The first-order chi connectivity index (χ1) is 13.4. The fourth-order valence-corrected chi connectivity index (χ4v) is 3.55. The van der Waals surface area contributed by atoms with Crippen molar-refractivity contribution < 1.29 is 17.6 Å². The fourth-order valence-electron chi connectivity index (χ4n) is 2.73. The van der Waals surface area contributed by atoms with E-state index in [0.29, 0.717) is 16.3 Å². The van der Waals surface area contributed by atoms with Crippen LogP contribution in [0.1, 0.15) is 5.69 Å². The highest BCUT2D eigenvalue weighted by Gasteiger charge is 2.32. The molecule has 2 nitrogen and oxygen atoms in total. The third-order valence-electron chi connectivity index (χ3n) is 4.14. The number of aromatic nitrogens is 2. The van der Waals surface area contributed by atoms with Crippen LogP contribution in [-0.2, 0) is 6.18 Å². The van der Waals surface area contributed by atoms with E-state index < -0.39 is 11.9 Å². The summed E-state index contributed by atoms with van der Waals surface area (Å²) in [6, 6.07) is 16.2. The van der Waals surface area contributed by atoms with Crippen LogP contribution in [0.25, 0.3) is 33.0 Å². The molecule has 0 atom stereocenters. The predicted molar refractivity (Wildman–Crippen MR) is 101 cm³/mol. The Morgan fingerprint density at radius 3 is 2.18 bits per heavy atom. The van der Waals surface area contributed by atoms with Gasteiger partial charge in [-0.2, -0.15) is 13.2 Å². The smallest absolute Gasteiger partial charge is 0.251 e. The maximum atomic E-state index is 13.1. The highest BCUT2D eigenvalue weighted by Crippen LogP contribution is 2.33. The van der Waals surface area contributed by atoms with Gasteiger partial charge >= 0.3 is 6.18 Å². The van der Waals surface area contributed by atoms with Gasteiger partial charge in [0.2, 0.25) is 0 Å². The van der Waals surface area contributed by atoms with Crippen molar-refractivity contribution in [1.82, 2.24) is 9.97 Å². The Kier molecular flexibility index (Phi) is 4.68. The molecule has 0 saturated heterocycles. The van der Waals surface area contributed by atoms with Crippen LogP contribution in [0.5, 0.6) is 0 Å². The third kappa shape index (κ3) is 3.80. The molecule has 0 N–H and O–H groups in total. The van der Waals surface area contributed by atoms with Gasteiger partial charge in [-0.1, -0.05) is 30.3 Å². The Morgan fingerprint density at radius 2 is 1.50 bits per heavy atom. The van der Waals surface area contributed by atoms with Crippen molar-refractivity contribution in [1.29, 1.82) is 0 Å². The number of thiazole rings is 1. The van der Waals surface area contributed by atoms with Crippen LogP contribution in [0.15, 0.2) is 72.2 Å². The highest BCUT2D eigenvalue weighted by molar-refractivity contribution is 7.13. The summed E-state index contributed by atoms with van der Waals surface area (Å²) in [5, 5.41) is 2.43. The first-order valence-corrected chi connectivity index (χ1v) is 9.14. The van der Waals surface area contributed by atoms with E-state index in [1.165, 1.54) is 35.7 Å². The second kappa shape index (κ2) is 7.16. The Morgan fingerprint density at radius 1 is 0.786 bits per heavy atom. The van der Waals surface area contributed by atoms with Gasteiger partial charge in [0.25, 0.3) is 0 Å². The summed E-state index contributed by atoms with van der Waals surface area (Å²) in [6.07, 6.45) is -3.28. The summed E-state index contributed by atoms with van der Waals surface area (Å²) in [5.41, 5.74) is 2.97. The molecule has 0 unspecified atom stereocenters. The van der Waals surface area contributed by atoms with Gasteiger partial charge in [-0.05, 0) is 41.5 Å². The number of benzene rings is 2. The van der Waals surface area contributed by atoms with Crippen LogP contribution < -0.4 is 0 Å². The van der Waals surface area contributed by atoms with Crippen LogP contribution in [-0.4, -0.2) is 9.97 Å². The number of hydrogen-bond acceptors (Lipinski definition) is 3.